The first kappa shape index (κ1) is 20.6. The molecule has 0 heterocycles. The third kappa shape index (κ3) is 5.39. The van der Waals surface area contributed by atoms with Crippen LogP contribution in [0.5, 0.6) is 0 Å². The first-order valence-electron chi connectivity index (χ1n) is 8.08. The van der Waals surface area contributed by atoms with Crippen molar-refractivity contribution in [3.8, 4) is 6.07 Å². The summed E-state index contributed by atoms with van der Waals surface area (Å²) in [6.45, 7) is -0.205. The van der Waals surface area contributed by atoms with Gasteiger partial charge in [0.15, 0.2) is 0 Å². The fourth-order valence-electron chi connectivity index (χ4n) is 2.67. The van der Waals surface area contributed by atoms with Crippen molar-refractivity contribution in [2.24, 2.45) is 0 Å². The van der Waals surface area contributed by atoms with E-state index in [0.29, 0.717) is 17.4 Å². The molecule has 0 amide bonds. The second-order valence-corrected chi connectivity index (χ2v) is 5.83. The molecule has 0 saturated heterocycles. The Morgan fingerprint density at radius 1 is 1.00 bits per heavy atom. The normalized spacial score (nSPS) is 12.7. The highest BCUT2D eigenvalue weighted by atomic mass is 19.4. The lowest BCUT2D eigenvalue weighted by atomic mass is 10.1. The summed E-state index contributed by atoms with van der Waals surface area (Å²) >= 11 is 0. The van der Waals surface area contributed by atoms with Crippen LogP contribution < -0.4 is 4.90 Å². The molecule has 144 valence electrons. The van der Waals surface area contributed by atoms with E-state index < -0.39 is 30.0 Å². The van der Waals surface area contributed by atoms with Gasteiger partial charge in [0.1, 0.15) is 0 Å². The van der Waals surface area contributed by atoms with E-state index in [9.17, 15) is 26.3 Å². The van der Waals surface area contributed by atoms with E-state index in [0.717, 1.165) is 17.7 Å². The number of aryl methyl sites for hydroxylation is 1. The zero-order valence-electron chi connectivity index (χ0n) is 14.1. The summed E-state index contributed by atoms with van der Waals surface area (Å²) in [5, 5.41) is 8.82. The molecule has 27 heavy (non-hydrogen) atoms. The highest BCUT2D eigenvalue weighted by Crippen LogP contribution is 2.35. The van der Waals surface area contributed by atoms with Gasteiger partial charge in [0, 0.05) is 12.2 Å². The SMILES string of the molecule is N#Cc1ccc(N(CCCc2ccccc2)C(F)C(F)F)cc1C(F)(F)F. The van der Waals surface area contributed by atoms with Crippen molar-refractivity contribution in [1.82, 2.24) is 0 Å². The van der Waals surface area contributed by atoms with E-state index in [-0.39, 0.29) is 18.7 Å². The first-order chi connectivity index (χ1) is 12.7. The Balaban J connectivity index is 2.27. The van der Waals surface area contributed by atoms with Crippen molar-refractivity contribution in [2.75, 3.05) is 11.4 Å². The summed E-state index contributed by atoms with van der Waals surface area (Å²) in [6.07, 6.45) is -10.3. The number of nitriles is 1. The molecule has 0 saturated carbocycles. The lowest BCUT2D eigenvalue weighted by molar-refractivity contribution is -0.137. The van der Waals surface area contributed by atoms with Crippen LogP contribution in [0.15, 0.2) is 48.5 Å². The van der Waals surface area contributed by atoms with Gasteiger partial charge in [-0.25, -0.2) is 13.2 Å². The maximum absolute atomic E-state index is 14.0. The topological polar surface area (TPSA) is 27.0 Å². The Morgan fingerprint density at radius 2 is 1.67 bits per heavy atom. The van der Waals surface area contributed by atoms with E-state index >= 15 is 0 Å². The van der Waals surface area contributed by atoms with Crippen molar-refractivity contribution in [3.05, 3.63) is 65.2 Å². The van der Waals surface area contributed by atoms with Crippen LogP contribution in [0.1, 0.15) is 23.1 Å². The third-order valence-electron chi connectivity index (χ3n) is 3.97. The van der Waals surface area contributed by atoms with Crippen LogP contribution >= 0.6 is 0 Å². The van der Waals surface area contributed by atoms with Gasteiger partial charge in [0.25, 0.3) is 6.43 Å². The minimum atomic E-state index is -4.85. The molecule has 2 aromatic carbocycles. The van der Waals surface area contributed by atoms with Gasteiger partial charge in [-0.05, 0) is 36.6 Å². The maximum atomic E-state index is 14.0. The molecule has 1 atom stereocenters. The van der Waals surface area contributed by atoms with Gasteiger partial charge >= 0.3 is 6.18 Å². The van der Waals surface area contributed by atoms with Crippen molar-refractivity contribution < 1.29 is 26.3 Å². The van der Waals surface area contributed by atoms with Crippen LogP contribution in [-0.2, 0) is 12.6 Å². The van der Waals surface area contributed by atoms with Crippen molar-refractivity contribution in [3.63, 3.8) is 0 Å². The minimum Gasteiger partial charge on any atom is -0.337 e. The Bertz CT molecular complexity index is 783. The summed E-state index contributed by atoms with van der Waals surface area (Å²) in [5.41, 5.74) is -1.37. The van der Waals surface area contributed by atoms with Crippen LogP contribution in [0.2, 0.25) is 0 Å². The molecule has 2 rings (SSSR count). The summed E-state index contributed by atoms with van der Waals surface area (Å²) in [7, 11) is 0. The molecule has 0 fully saturated rings. The van der Waals surface area contributed by atoms with Crippen LogP contribution in [0.4, 0.5) is 32.0 Å². The van der Waals surface area contributed by atoms with Crippen LogP contribution in [-0.4, -0.2) is 19.3 Å². The lowest BCUT2D eigenvalue weighted by Crippen LogP contribution is -2.38. The standard InChI is InChI=1S/C19H16F6N2/c20-17(21)18(22)27(10-4-7-13-5-2-1-3-6-13)15-9-8-14(12-26)16(11-15)19(23,24)25/h1-3,5-6,8-9,11,17-18H,4,7,10H2. The smallest absolute Gasteiger partial charge is 0.337 e. The number of nitrogens with zero attached hydrogens (tertiary/aromatic N) is 2. The van der Waals surface area contributed by atoms with Crippen molar-refractivity contribution >= 4 is 5.69 Å². The van der Waals surface area contributed by atoms with Crippen LogP contribution in [0, 0.1) is 11.3 Å². The highest BCUT2D eigenvalue weighted by molar-refractivity contribution is 5.55. The summed E-state index contributed by atoms with van der Waals surface area (Å²) in [6, 6.07) is 12.9. The molecule has 0 N–H and O–H groups in total. The van der Waals surface area contributed by atoms with Gasteiger partial charge < -0.3 is 4.90 Å². The van der Waals surface area contributed by atoms with Gasteiger partial charge in [-0.2, -0.15) is 18.4 Å². The van der Waals surface area contributed by atoms with E-state index in [1.165, 1.54) is 6.07 Å². The lowest BCUT2D eigenvalue weighted by Gasteiger charge is -2.29. The average Bonchev–Trinajstić information content (AvgIpc) is 2.64. The molecule has 0 spiro atoms. The van der Waals surface area contributed by atoms with Crippen molar-refractivity contribution in [1.29, 1.82) is 5.26 Å². The Morgan fingerprint density at radius 3 is 2.22 bits per heavy atom. The molecule has 0 aromatic heterocycles. The maximum Gasteiger partial charge on any atom is 0.417 e. The third-order valence-corrected chi connectivity index (χ3v) is 3.97. The molecule has 0 aliphatic heterocycles. The fourth-order valence-corrected chi connectivity index (χ4v) is 2.67. The Labute approximate surface area is 152 Å². The molecule has 2 aromatic rings. The van der Waals surface area contributed by atoms with E-state index in [1.807, 2.05) is 12.1 Å². The molecule has 8 heteroatoms. The van der Waals surface area contributed by atoms with Gasteiger partial charge in [0.05, 0.1) is 17.2 Å². The summed E-state index contributed by atoms with van der Waals surface area (Å²) in [4.78, 5) is 0.601. The second-order valence-electron chi connectivity index (χ2n) is 5.83. The minimum absolute atomic E-state index is 0.205. The summed E-state index contributed by atoms with van der Waals surface area (Å²) in [5.74, 6) is 0. The molecule has 0 radical (unpaired) electrons. The molecule has 2 nitrogen and oxygen atoms in total. The quantitative estimate of drug-likeness (QED) is 0.459. The molecule has 1 unspecified atom stereocenters. The van der Waals surface area contributed by atoms with E-state index in [1.54, 1.807) is 18.2 Å². The van der Waals surface area contributed by atoms with Crippen LogP contribution in [0.3, 0.4) is 0 Å². The van der Waals surface area contributed by atoms with Crippen molar-refractivity contribution in [2.45, 2.75) is 31.7 Å². The zero-order valence-corrected chi connectivity index (χ0v) is 14.1. The number of halogens is 6. The van der Waals surface area contributed by atoms with Gasteiger partial charge in [0.2, 0.25) is 6.30 Å². The number of benzene rings is 2. The van der Waals surface area contributed by atoms with Crippen LogP contribution in [0.25, 0.3) is 0 Å². The monoisotopic (exact) mass is 386 g/mol. The second kappa shape index (κ2) is 8.80. The highest BCUT2D eigenvalue weighted by Gasteiger charge is 2.35. The predicted octanol–water partition coefficient (Wildman–Crippen LogP) is 5.58. The number of alkyl halides is 6. The number of hydrogen-bond donors (Lipinski definition) is 0. The van der Waals surface area contributed by atoms with Gasteiger partial charge in [-0.1, -0.05) is 30.3 Å². The number of hydrogen-bond acceptors (Lipinski definition) is 2. The predicted molar refractivity (Wildman–Crippen MR) is 89.2 cm³/mol. The molecular formula is C19H16F6N2. The largest absolute Gasteiger partial charge is 0.417 e. The molecule has 0 aliphatic carbocycles. The summed E-state index contributed by atoms with van der Waals surface area (Å²) < 4.78 is 79.1. The zero-order chi connectivity index (χ0) is 20.0. The first-order valence-corrected chi connectivity index (χ1v) is 8.08. The van der Waals surface area contributed by atoms with Gasteiger partial charge in [-0.3, -0.25) is 0 Å². The molecular weight excluding hydrogens is 370 g/mol. The van der Waals surface area contributed by atoms with E-state index in [4.69, 9.17) is 5.26 Å². The number of rotatable bonds is 7. The fraction of sp³-hybridized carbons (Fsp3) is 0.316. The van der Waals surface area contributed by atoms with Gasteiger partial charge in [-0.15, -0.1) is 0 Å². The molecule has 0 aliphatic rings. The average molecular weight is 386 g/mol. The Kier molecular flexibility index (Phi) is 6.72. The Hall–Kier alpha value is -2.69. The van der Waals surface area contributed by atoms with E-state index in [2.05, 4.69) is 0 Å². The molecule has 0 bridgehead atoms. The number of anilines is 1.